The van der Waals surface area contributed by atoms with Crippen molar-refractivity contribution in [1.82, 2.24) is 15.5 Å². The van der Waals surface area contributed by atoms with Crippen LogP contribution in [0.1, 0.15) is 18.6 Å². The molecule has 1 heterocycles. The smallest absolute Gasteiger partial charge is 0.240 e. The van der Waals surface area contributed by atoms with Gasteiger partial charge in [0.05, 0.1) is 6.54 Å². The van der Waals surface area contributed by atoms with Gasteiger partial charge in [0.1, 0.15) is 6.61 Å². The molecule has 0 aliphatic heterocycles. The first-order valence-corrected chi connectivity index (χ1v) is 4.57. The third-order valence-electron chi connectivity index (χ3n) is 1.51. The first kappa shape index (κ1) is 10.9. The molecule has 78 valence electrons. The lowest BCUT2D eigenvalue weighted by Crippen LogP contribution is -2.12. The van der Waals surface area contributed by atoms with Crippen molar-refractivity contribution in [2.75, 3.05) is 13.2 Å². The van der Waals surface area contributed by atoms with E-state index in [0.29, 0.717) is 31.5 Å². The zero-order valence-electron chi connectivity index (χ0n) is 8.32. The molecule has 0 aliphatic carbocycles. The number of hydrogen-bond acceptors (Lipinski definition) is 5. The third-order valence-corrected chi connectivity index (χ3v) is 1.51. The second-order valence-electron chi connectivity index (χ2n) is 2.66. The van der Waals surface area contributed by atoms with E-state index in [9.17, 15) is 0 Å². The highest BCUT2D eigenvalue weighted by atomic mass is 16.5. The van der Waals surface area contributed by atoms with Gasteiger partial charge in [0.15, 0.2) is 5.82 Å². The Labute approximate surface area is 83.1 Å². The first-order chi connectivity index (χ1) is 6.86. The Morgan fingerprint density at radius 2 is 2.50 bits per heavy atom. The highest BCUT2D eigenvalue weighted by Gasteiger charge is 2.04. The molecule has 0 unspecified atom stereocenters. The predicted octanol–water partition coefficient (Wildman–Crippen LogP) is 0.882. The molecule has 0 saturated carbocycles. The fourth-order valence-corrected chi connectivity index (χ4v) is 0.895. The lowest BCUT2D eigenvalue weighted by Gasteiger charge is -1.94. The molecule has 0 aliphatic rings. The van der Waals surface area contributed by atoms with Crippen molar-refractivity contribution in [1.29, 1.82) is 0 Å². The van der Waals surface area contributed by atoms with Crippen molar-refractivity contribution in [2.45, 2.75) is 20.1 Å². The van der Waals surface area contributed by atoms with Crippen LogP contribution in [-0.4, -0.2) is 23.3 Å². The summed E-state index contributed by atoms with van der Waals surface area (Å²) in [6, 6.07) is 0. The minimum absolute atomic E-state index is 0.404. The van der Waals surface area contributed by atoms with Crippen molar-refractivity contribution in [3.63, 3.8) is 0 Å². The molecule has 5 heteroatoms. The van der Waals surface area contributed by atoms with Crippen LogP contribution in [0.4, 0.5) is 0 Å². The number of rotatable bonds is 7. The van der Waals surface area contributed by atoms with Crippen LogP contribution >= 0.6 is 0 Å². The van der Waals surface area contributed by atoms with Crippen molar-refractivity contribution < 1.29 is 9.26 Å². The fraction of sp³-hybridized carbons (Fsp3) is 0.556. The van der Waals surface area contributed by atoms with Gasteiger partial charge in [-0.3, -0.25) is 0 Å². The number of hydrogen-bond donors (Lipinski definition) is 1. The first-order valence-electron chi connectivity index (χ1n) is 4.57. The van der Waals surface area contributed by atoms with E-state index in [4.69, 9.17) is 9.26 Å². The monoisotopic (exact) mass is 197 g/mol. The van der Waals surface area contributed by atoms with Crippen LogP contribution in [0.3, 0.4) is 0 Å². The molecule has 1 rings (SSSR count). The number of nitrogens with one attached hydrogen (secondary N) is 1. The third kappa shape index (κ3) is 3.68. The molecule has 5 nitrogen and oxygen atoms in total. The Bertz CT molecular complexity index is 273. The van der Waals surface area contributed by atoms with Crippen molar-refractivity contribution >= 4 is 0 Å². The minimum atomic E-state index is 0.404. The molecule has 1 aromatic rings. The van der Waals surface area contributed by atoms with Crippen LogP contribution in [0, 0.1) is 0 Å². The zero-order valence-corrected chi connectivity index (χ0v) is 8.32. The number of aromatic nitrogens is 2. The van der Waals surface area contributed by atoms with Gasteiger partial charge >= 0.3 is 0 Å². The molecule has 0 amide bonds. The summed E-state index contributed by atoms with van der Waals surface area (Å²) in [7, 11) is 0. The summed E-state index contributed by atoms with van der Waals surface area (Å²) < 4.78 is 10.1. The molecule has 0 aromatic carbocycles. The Balaban J connectivity index is 2.31. The van der Waals surface area contributed by atoms with Crippen LogP contribution in [0.15, 0.2) is 17.2 Å². The number of ether oxygens (including phenoxy) is 1. The second kappa shape index (κ2) is 6.28. The van der Waals surface area contributed by atoms with E-state index < -0.39 is 0 Å². The van der Waals surface area contributed by atoms with Gasteiger partial charge < -0.3 is 14.6 Å². The van der Waals surface area contributed by atoms with E-state index in [1.807, 2.05) is 6.92 Å². The SMILES string of the molecule is C=CCNCc1nc(COCC)no1. The Hall–Kier alpha value is -1.20. The van der Waals surface area contributed by atoms with E-state index in [-0.39, 0.29) is 0 Å². The van der Waals surface area contributed by atoms with Crippen molar-refractivity contribution in [3.05, 3.63) is 24.4 Å². The Morgan fingerprint density at radius 1 is 1.64 bits per heavy atom. The predicted molar refractivity (Wildman–Crippen MR) is 51.5 cm³/mol. The largest absolute Gasteiger partial charge is 0.374 e. The van der Waals surface area contributed by atoms with Gasteiger partial charge in [-0.15, -0.1) is 6.58 Å². The second-order valence-corrected chi connectivity index (χ2v) is 2.66. The highest BCUT2D eigenvalue weighted by molar-refractivity contribution is 4.84. The molecule has 0 spiro atoms. The Kier molecular flexibility index (Phi) is 4.88. The van der Waals surface area contributed by atoms with E-state index in [2.05, 4.69) is 22.0 Å². The highest BCUT2D eigenvalue weighted by Crippen LogP contribution is 1.98. The molecule has 14 heavy (non-hydrogen) atoms. The average molecular weight is 197 g/mol. The van der Waals surface area contributed by atoms with Gasteiger partial charge in [-0.2, -0.15) is 4.98 Å². The van der Waals surface area contributed by atoms with Crippen molar-refractivity contribution in [3.8, 4) is 0 Å². The van der Waals surface area contributed by atoms with E-state index in [1.54, 1.807) is 6.08 Å². The van der Waals surface area contributed by atoms with E-state index in [0.717, 1.165) is 6.54 Å². The normalized spacial score (nSPS) is 10.4. The maximum atomic E-state index is 5.14. The molecule has 0 atom stereocenters. The lowest BCUT2D eigenvalue weighted by atomic mass is 10.5. The fourth-order valence-electron chi connectivity index (χ4n) is 0.895. The maximum Gasteiger partial charge on any atom is 0.240 e. The van der Waals surface area contributed by atoms with Gasteiger partial charge in [-0.05, 0) is 6.92 Å². The van der Waals surface area contributed by atoms with Crippen LogP contribution in [0.2, 0.25) is 0 Å². The maximum absolute atomic E-state index is 5.14. The molecule has 0 bridgehead atoms. The van der Waals surface area contributed by atoms with Crippen molar-refractivity contribution in [2.24, 2.45) is 0 Å². The quantitative estimate of drug-likeness (QED) is 0.519. The zero-order chi connectivity index (χ0) is 10.2. The Morgan fingerprint density at radius 3 is 3.21 bits per heavy atom. The van der Waals surface area contributed by atoms with Crippen LogP contribution in [-0.2, 0) is 17.9 Å². The molecule has 1 aromatic heterocycles. The average Bonchev–Trinajstić information content (AvgIpc) is 2.63. The molecule has 1 N–H and O–H groups in total. The summed E-state index contributed by atoms with van der Waals surface area (Å²) in [5.41, 5.74) is 0. The van der Waals surface area contributed by atoms with Crippen LogP contribution < -0.4 is 5.32 Å². The topological polar surface area (TPSA) is 60.2 Å². The standard InChI is InChI=1S/C9H15N3O2/c1-3-5-10-6-9-11-8(12-14-9)7-13-4-2/h3,10H,1,4-7H2,2H3. The summed E-state index contributed by atoms with van der Waals surface area (Å²) >= 11 is 0. The molecule has 0 radical (unpaired) electrons. The minimum Gasteiger partial charge on any atom is -0.374 e. The summed E-state index contributed by atoms with van der Waals surface area (Å²) in [6.07, 6.45) is 1.78. The molecular weight excluding hydrogens is 182 g/mol. The lowest BCUT2D eigenvalue weighted by molar-refractivity contribution is 0.126. The summed E-state index contributed by atoms with van der Waals surface area (Å²) in [5, 5.41) is 6.82. The summed E-state index contributed by atoms with van der Waals surface area (Å²) in [5.74, 6) is 1.16. The van der Waals surface area contributed by atoms with Crippen LogP contribution in [0.25, 0.3) is 0 Å². The van der Waals surface area contributed by atoms with Crippen LogP contribution in [0.5, 0.6) is 0 Å². The molecular formula is C9H15N3O2. The van der Waals surface area contributed by atoms with E-state index in [1.165, 1.54) is 0 Å². The van der Waals surface area contributed by atoms with Gasteiger partial charge in [0, 0.05) is 13.2 Å². The van der Waals surface area contributed by atoms with Gasteiger partial charge in [0.25, 0.3) is 0 Å². The van der Waals surface area contributed by atoms with Gasteiger partial charge in [0.2, 0.25) is 5.89 Å². The van der Waals surface area contributed by atoms with E-state index >= 15 is 0 Å². The molecule has 0 saturated heterocycles. The summed E-state index contributed by atoms with van der Waals surface area (Å²) in [6.45, 7) is 7.85. The summed E-state index contributed by atoms with van der Waals surface area (Å²) in [4.78, 5) is 4.12. The van der Waals surface area contributed by atoms with Gasteiger partial charge in [-0.25, -0.2) is 0 Å². The number of nitrogens with zero attached hydrogens (tertiary/aromatic N) is 2. The van der Waals surface area contributed by atoms with Gasteiger partial charge in [-0.1, -0.05) is 11.2 Å². The molecule has 0 fully saturated rings.